The first-order valence-electron chi connectivity index (χ1n) is 10.1. The standard InChI is InChI=1S/C23H26N2O6/c1-30-18-10-5-9-17(13-18)14-19(22(27)28)24-21(26)20-11-6-12-25(20)23(29)31-15-16-7-3-2-4-8-16/h2-5,7-10,13,19-20H,6,11-12,14-15H2,1H3,(H,24,26)(H,27,28)/t19-,20+/m0/s1. The average Bonchev–Trinajstić information content (AvgIpc) is 3.28. The highest BCUT2D eigenvalue weighted by molar-refractivity contribution is 5.89. The summed E-state index contributed by atoms with van der Waals surface area (Å²) < 4.78 is 10.5. The van der Waals surface area contributed by atoms with Gasteiger partial charge in [-0.3, -0.25) is 9.69 Å². The van der Waals surface area contributed by atoms with Crippen LogP contribution in [0.25, 0.3) is 0 Å². The van der Waals surface area contributed by atoms with E-state index in [1.165, 1.54) is 12.0 Å². The van der Waals surface area contributed by atoms with Gasteiger partial charge in [0.25, 0.3) is 0 Å². The van der Waals surface area contributed by atoms with E-state index in [1.54, 1.807) is 24.3 Å². The molecule has 1 heterocycles. The number of rotatable bonds is 8. The molecule has 1 fully saturated rings. The molecule has 8 nitrogen and oxygen atoms in total. The van der Waals surface area contributed by atoms with Crippen LogP contribution in [-0.2, 0) is 27.4 Å². The minimum atomic E-state index is -1.15. The molecule has 2 amide bonds. The fourth-order valence-electron chi connectivity index (χ4n) is 3.56. The van der Waals surface area contributed by atoms with Gasteiger partial charge < -0.3 is 19.9 Å². The Bertz CT molecular complexity index is 917. The molecule has 1 saturated heterocycles. The molecule has 1 aliphatic heterocycles. The van der Waals surface area contributed by atoms with Gasteiger partial charge in [-0.2, -0.15) is 0 Å². The van der Waals surface area contributed by atoms with Gasteiger partial charge in [-0.15, -0.1) is 0 Å². The van der Waals surface area contributed by atoms with Crippen LogP contribution in [-0.4, -0.2) is 53.7 Å². The van der Waals surface area contributed by atoms with E-state index >= 15 is 0 Å². The fourth-order valence-corrected chi connectivity index (χ4v) is 3.56. The van der Waals surface area contributed by atoms with E-state index in [-0.39, 0.29) is 13.0 Å². The first-order valence-corrected chi connectivity index (χ1v) is 10.1. The van der Waals surface area contributed by atoms with Gasteiger partial charge in [-0.1, -0.05) is 42.5 Å². The van der Waals surface area contributed by atoms with Crippen LogP contribution in [0.2, 0.25) is 0 Å². The van der Waals surface area contributed by atoms with Gasteiger partial charge in [-0.05, 0) is 36.1 Å². The number of hydrogen-bond acceptors (Lipinski definition) is 5. The molecular formula is C23H26N2O6. The topological polar surface area (TPSA) is 105 Å². The molecule has 2 N–H and O–H groups in total. The van der Waals surface area contributed by atoms with Gasteiger partial charge in [0.1, 0.15) is 24.4 Å². The van der Waals surface area contributed by atoms with E-state index in [9.17, 15) is 19.5 Å². The molecule has 0 spiro atoms. The van der Waals surface area contributed by atoms with Crippen LogP contribution in [0.3, 0.4) is 0 Å². The Hall–Kier alpha value is -3.55. The summed E-state index contributed by atoms with van der Waals surface area (Å²) >= 11 is 0. The van der Waals surface area contributed by atoms with Crippen LogP contribution in [0.4, 0.5) is 4.79 Å². The summed E-state index contributed by atoms with van der Waals surface area (Å²) in [6.07, 6.45) is 0.620. The van der Waals surface area contributed by atoms with Crippen molar-refractivity contribution >= 4 is 18.0 Å². The van der Waals surface area contributed by atoms with E-state index in [2.05, 4.69) is 5.32 Å². The smallest absolute Gasteiger partial charge is 0.410 e. The van der Waals surface area contributed by atoms with Crippen LogP contribution < -0.4 is 10.1 Å². The Morgan fingerprint density at radius 2 is 1.87 bits per heavy atom. The van der Waals surface area contributed by atoms with Gasteiger partial charge in [0.05, 0.1) is 7.11 Å². The van der Waals surface area contributed by atoms with Crippen LogP contribution in [0.15, 0.2) is 54.6 Å². The van der Waals surface area contributed by atoms with Gasteiger partial charge in [-0.25, -0.2) is 9.59 Å². The number of carbonyl (C=O) groups is 3. The number of nitrogens with one attached hydrogen (secondary N) is 1. The number of hydrogen-bond donors (Lipinski definition) is 2. The number of benzene rings is 2. The number of likely N-dealkylation sites (tertiary alicyclic amines) is 1. The first-order chi connectivity index (χ1) is 15.0. The van der Waals surface area contributed by atoms with Crippen LogP contribution in [0, 0.1) is 0 Å². The van der Waals surface area contributed by atoms with Crippen molar-refractivity contribution in [1.82, 2.24) is 10.2 Å². The third-order valence-electron chi connectivity index (χ3n) is 5.18. The van der Waals surface area contributed by atoms with Crippen molar-refractivity contribution in [2.45, 2.75) is 38.0 Å². The Morgan fingerprint density at radius 3 is 2.58 bits per heavy atom. The predicted octanol–water partition coefficient (Wildman–Crippen LogP) is 2.61. The van der Waals surface area contributed by atoms with Crippen LogP contribution >= 0.6 is 0 Å². The molecule has 1 aliphatic rings. The van der Waals surface area contributed by atoms with E-state index in [0.29, 0.717) is 25.1 Å². The summed E-state index contributed by atoms with van der Waals surface area (Å²) in [6, 6.07) is 14.4. The Balaban J connectivity index is 1.61. The number of amides is 2. The molecule has 3 rings (SSSR count). The van der Waals surface area contributed by atoms with Gasteiger partial charge in [0.2, 0.25) is 5.91 Å². The van der Waals surface area contributed by atoms with Crippen molar-refractivity contribution in [1.29, 1.82) is 0 Å². The van der Waals surface area contributed by atoms with Crippen molar-refractivity contribution in [2.24, 2.45) is 0 Å². The average molecular weight is 426 g/mol. The third-order valence-corrected chi connectivity index (χ3v) is 5.18. The molecule has 31 heavy (non-hydrogen) atoms. The molecule has 0 radical (unpaired) electrons. The van der Waals surface area contributed by atoms with Crippen molar-refractivity contribution in [2.75, 3.05) is 13.7 Å². The second-order valence-electron chi connectivity index (χ2n) is 7.35. The lowest BCUT2D eigenvalue weighted by molar-refractivity contribution is -0.142. The second-order valence-corrected chi connectivity index (χ2v) is 7.35. The molecule has 2 atom stereocenters. The van der Waals surface area contributed by atoms with E-state index in [4.69, 9.17) is 9.47 Å². The molecule has 2 aromatic carbocycles. The normalized spacial score (nSPS) is 16.4. The monoisotopic (exact) mass is 426 g/mol. The molecule has 0 aliphatic carbocycles. The Kier molecular flexibility index (Phi) is 7.48. The quantitative estimate of drug-likeness (QED) is 0.672. The number of methoxy groups -OCH3 is 1. The number of carbonyl (C=O) groups excluding carboxylic acids is 2. The second kappa shape index (κ2) is 10.5. The van der Waals surface area contributed by atoms with Crippen molar-refractivity contribution in [3.8, 4) is 5.75 Å². The van der Waals surface area contributed by atoms with Crippen molar-refractivity contribution in [3.05, 3.63) is 65.7 Å². The molecule has 0 unspecified atom stereocenters. The number of carboxylic acid groups (broad SMARTS) is 1. The summed E-state index contributed by atoms with van der Waals surface area (Å²) in [7, 11) is 1.53. The van der Waals surface area contributed by atoms with Gasteiger partial charge in [0.15, 0.2) is 0 Å². The van der Waals surface area contributed by atoms with Crippen LogP contribution in [0.1, 0.15) is 24.0 Å². The zero-order chi connectivity index (χ0) is 22.2. The van der Waals surface area contributed by atoms with Crippen molar-refractivity contribution < 1.29 is 29.0 Å². The summed E-state index contributed by atoms with van der Waals surface area (Å²) in [4.78, 5) is 38.4. The highest BCUT2D eigenvalue weighted by Gasteiger charge is 2.36. The van der Waals surface area contributed by atoms with Gasteiger partial charge >= 0.3 is 12.1 Å². The summed E-state index contributed by atoms with van der Waals surface area (Å²) in [5, 5.41) is 12.2. The Labute approximate surface area is 180 Å². The Morgan fingerprint density at radius 1 is 1.13 bits per heavy atom. The molecule has 0 aromatic heterocycles. The molecule has 8 heteroatoms. The molecule has 0 saturated carbocycles. The number of ether oxygens (including phenoxy) is 2. The lowest BCUT2D eigenvalue weighted by Crippen LogP contribution is -2.51. The fraction of sp³-hybridized carbons (Fsp3) is 0.348. The van der Waals surface area contributed by atoms with Gasteiger partial charge in [0, 0.05) is 13.0 Å². The lowest BCUT2D eigenvalue weighted by Gasteiger charge is -2.25. The summed E-state index contributed by atoms with van der Waals surface area (Å²) in [5.41, 5.74) is 1.57. The highest BCUT2D eigenvalue weighted by Crippen LogP contribution is 2.20. The third kappa shape index (κ3) is 5.97. The molecule has 0 bridgehead atoms. The van der Waals surface area contributed by atoms with E-state index < -0.39 is 30.1 Å². The largest absolute Gasteiger partial charge is 0.497 e. The first kappa shape index (κ1) is 22.1. The van der Waals surface area contributed by atoms with Crippen molar-refractivity contribution in [3.63, 3.8) is 0 Å². The molecule has 164 valence electrons. The summed E-state index contributed by atoms with van der Waals surface area (Å²) in [6.45, 7) is 0.497. The summed E-state index contributed by atoms with van der Waals surface area (Å²) in [5.74, 6) is -1.03. The molecule has 2 aromatic rings. The minimum absolute atomic E-state index is 0.101. The maximum absolute atomic E-state index is 12.8. The predicted molar refractivity (Wildman–Crippen MR) is 113 cm³/mol. The zero-order valence-corrected chi connectivity index (χ0v) is 17.3. The number of nitrogens with zero attached hydrogens (tertiary/aromatic N) is 1. The molecular weight excluding hydrogens is 400 g/mol. The minimum Gasteiger partial charge on any atom is -0.497 e. The van der Waals surface area contributed by atoms with Crippen LogP contribution in [0.5, 0.6) is 5.75 Å². The van der Waals surface area contributed by atoms with E-state index in [1.807, 2.05) is 30.3 Å². The maximum atomic E-state index is 12.8. The highest BCUT2D eigenvalue weighted by atomic mass is 16.6. The SMILES string of the molecule is COc1cccc(C[C@H](NC(=O)[C@H]2CCCN2C(=O)OCc2ccccc2)C(=O)O)c1. The number of aliphatic carboxylic acids is 1. The maximum Gasteiger partial charge on any atom is 0.410 e. The van der Waals surface area contributed by atoms with E-state index in [0.717, 1.165) is 11.1 Å². The zero-order valence-electron chi connectivity index (χ0n) is 17.3. The number of carboxylic acids is 1. The lowest BCUT2D eigenvalue weighted by atomic mass is 10.0.